The summed E-state index contributed by atoms with van der Waals surface area (Å²) < 4.78 is 47.3. The Balaban J connectivity index is 2.25. The Kier molecular flexibility index (Phi) is 3.36. The number of amides is 2. The molecule has 0 saturated carbocycles. The van der Waals surface area contributed by atoms with Gasteiger partial charge >= 0.3 is 20.6 Å². The summed E-state index contributed by atoms with van der Waals surface area (Å²) in [5, 5.41) is 0. The molecule has 1 aromatic carbocycles. The summed E-state index contributed by atoms with van der Waals surface area (Å²) in [4.78, 5) is 22.4. The normalized spacial score (nSPS) is 14.3. The minimum absolute atomic E-state index is 0.0463. The molecule has 0 radical (unpaired) electrons. The van der Waals surface area contributed by atoms with Gasteiger partial charge in [0.05, 0.1) is 0 Å². The molecule has 1 aliphatic rings. The number of rotatable bonds is 1. The van der Waals surface area contributed by atoms with E-state index in [4.69, 9.17) is 9.05 Å². The molecule has 0 unspecified atom stereocenters. The Morgan fingerprint density at radius 2 is 1.63 bits per heavy atom. The van der Waals surface area contributed by atoms with Gasteiger partial charge in [0, 0.05) is 6.92 Å². The van der Waals surface area contributed by atoms with Gasteiger partial charge in [0.2, 0.25) is 5.91 Å². The molecule has 9 heteroatoms. The zero-order valence-electron chi connectivity index (χ0n) is 9.47. The highest BCUT2D eigenvalue weighted by molar-refractivity contribution is 7.47. The minimum atomic E-state index is -5.17. The lowest BCUT2D eigenvalue weighted by Gasteiger charge is -2.22. The van der Waals surface area contributed by atoms with Crippen molar-refractivity contribution in [1.82, 2.24) is 4.67 Å². The second-order valence-electron chi connectivity index (χ2n) is 3.50. The third-order valence-electron chi connectivity index (χ3n) is 2.10. The zero-order chi connectivity index (χ0) is 14.2. The van der Waals surface area contributed by atoms with E-state index in [0.717, 1.165) is 6.92 Å². The number of carbonyl (C=O) groups excluding carboxylic acids is 2. The highest BCUT2D eigenvalue weighted by atomic mass is 31.2. The van der Waals surface area contributed by atoms with E-state index in [1.54, 1.807) is 12.1 Å². The number of nitrogens with zero attached hydrogens (tertiary/aromatic N) is 1. The van der Waals surface area contributed by atoms with Crippen LogP contribution >= 0.6 is 8.53 Å². The van der Waals surface area contributed by atoms with Crippen LogP contribution in [0.15, 0.2) is 24.3 Å². The molecule has 0 bridgehead atoms. The van der Waals surface area contributed by atoms with Crippen LogP contribution in [0.1, 0.15) is 6.92 Å². The summed E-state index contributed by atoms with van der Waals surface area (Å²) in [5.74, 6) is -3.02. The van der Waals surface area contributed by atoms with Crippen molar-refractivity contribution in [3.63, 3.8) is 0 Å². The van der Waals surface area contributed by atoms with Crippen LogP contribution < -0.4 is 9.05 Å². The summed E-state index contributed by atoms with van der Waals surface area (Å²) in [6.07, 6.45) is -5.17. The number of hydrogen-bond donors (Lipinski definition) is 0. The first-order chi connectivity index (χ1) is 8.80. The first-order valence-electron chi connectivity index (χ1n) is 4.97. The molecule has 2 amide bonds. The van der Waals surface area contributed by atoms with Crippen LogP contribution in [-0.4, -0.2) is 22.7 Å². The fraction of sp³-hybridized carbons (Fsp3) is 0.200. The maximum absolute atomic E-state index is 12.4. The predicted molar refractivity (Wildman–Crippen MR) is 58.2 cm³/mol. The highest BCUT2D eigenvalue weighted by Crippen LogP contribution is 2.54. The number of hydrogen-bond acceptors (Lipinski definition) is 4. The Labute approximate surface area is 106 Å². The van der Waals surface area contributed by atoms with E-state index in [0.29, 0.717) is 0 Å². The molecule has 0 atom stereocenters. The molecule has 0 aliphatic carbocycles. The summed E-state index contributed by atoms with van der Waals surface area (Å²) in [7, 11) is -2.46. The lowest BCUT2D eigenvalue weighted by Crippen LogP contribution is -2.41. The lowest BCUT2D eigenvalue weighted by molar-refractivity contribution is -0.182. The predicted octanol–water partition coefficient (Wildman–Crippen LogP) is 2.62. The van der Waals surface area contributed by atoms with Gasteiger partial charge in [-0.1, -0.05) is 12.1 Å². The van der Waals surface area contributed by atoms with Crippen molar-refractivity contribution in [2.24, 2.45) is 0 Å². The first kappa shape index (κ1) is 13.6. The number of fused-ring (bicyclic) bond motifs is 1. The van der Waals surface area contributed by atoms with Gasteiger partial charge in [-0.25, -0.2) is 0 Å². The maximum Gasteiger partial charge on any atom is 0.472 e. The van der Waals surface area contributed by atoms with Crippen LogP contribution in [0.2, 0.25) is 0 Å². The Morgan fingerprint density at radius 3 is 2.00 bits per heavy atom. The second kappa shape index (κ2) is 4.70. The molecule has 0 fully saturated rings. The van der Waals surface area contributed by atoms with Gasteiger partial charge in [0.25, 0.3) is 0 Å². The molecule has 2 rings (SSSR count). The number of carbonyl (C=O) groups is 2. The Bertz CT molecular complexity index is 509. The van der Waals surface area contributed by atoms with E-state index in [1.807, 2.05) is 0 Å². The first-order valence-corrected chi connectivity index (χ1v) is 6.10. The number of benzene rings is 1. The largest absolute Gasteiger partial charge is 0.472 e. The highest BCUT2D eigenvalue weighted by Gasteiger charge is 2.50. The van der Waals surface area contributed by atoms with E-state index < -0.39 is 26.5 Å². The molecule has 1 aromatic rings. The van der Waals surface area contributed by atoms with E-state index >= 15 is 0 Å². The molecular weight excluding hydrogens is 286 g/mol. The van der Waals surface area contributed by atoms with Crippen molar-refractivity contribution in [2.45, 2.75) is 13.1 Å². The van der Waals surface area contributed by atoms with Crippen molar-refractivity contribution in [1.29, 1.82) is 0 Å². The van der Waals surface area contributed by atoms with Crippen molar-refractivity contribution < 1.29 is 31.8 Å². The quantitative estimate of drug-likeness (QED) is 0.747. The third-order valence-corrected chi connectivity index (χ3v) is 3.59. The second-order valence-corrected chi connectivity index (χ2v) is 4.74. The monoisotopic (exact) mass is 293 g/mol. The van der Waals surface area contributed by atoms with Crippen LogP contribution in [0, 0.1) is 0 Å². The molecule has 19 heavy (non-hydrogen) atoms. The van der Waals surface area contributed by atoms with Gasteiger partial charge in [0.15, 0.2) is 11.5 Å². The number of imide groups is 1. The van der Waals surface area contributed by atoms with Gasteiger partial charge in [-0.15, -0.1) is 0 Å². The molecule has 0 spiro atoms. The summed E-state index contributed by atoms with van der Waals surface area (Å²) in [5.41, 5.74) is 0. The van der Waals surface area contributed by atoms with Gasteiger partial charge in [0.1, 0.15) is 0 Å². The fourth-order valence-corrected chi connectivity index (χ4v) is 2.65. The minimum Gasteiger partial charge on any atom is -0.418 e. The van der Waals surface area contributed by atoms with E-state index in [-0.39, 0.29) is 16.2 Å². The number of halogens is 3. The van der Waals surface area contributed by atoms with Gasteiger partial charge < -0.3 is 9.05 Å². The molecule has 0 N–H and O–H groups in total. The molecule has 1 heterocycles. The Hall–Kier alpha value is -1.82. The molecular formula is C10H7F3NO4P. The van der Waals surface area contributed by atoms with Crippen LogP contribution in [0.3, 0.4) is 0 Å². The zero-order valence-corrected chi connectivity index (χ0v) is 10.4. The standard InChI is InChI=1S/C10H7F3NO4P/c1-6(15)14(9(16)10(11,12)13)19-17-7-4-2-3-5-8(7)18-19/h2-5H,1H3. The molecule has 0 saturated heterocycles. The van der Waals surface area contributed by atoms with Crippen molar-refractivity contribution in [3.05, 3.63) is 24.3 Å². The van der Waals surface area contributed by atoms with Crippen molar-refractivity contribution in [2.75, 3.05) is 0 Å². The molecule has 0 aromatic heterocycles. The molecule has 5 nitrogen and oxygen atoms in total. The topological polar surface area (TPSA) is 55.8 Å². The molecule has 1 aliphatic heterocycles. The summed E-state index contributed by atoms with van der Waals surface area (Å²) in [6.45, 7) is 0.835. The fourth-order valence-electron chi connectivity index (χ4n) is 1.32. The summed E-state index contributed by atoms with van der Waals surface area (Å²) >= 11 is 0. The maximum atomic E-state index is 12.4. The number of para-hydroxylation sites is 2. The average molecular weight is 293 g/mol. The van der Waals surface area contributed by atoms with Crippen molar-refractivity contribution in [3.8, 4) is 11.5 Å². The van der Waals surface area contributed by atoms with E-state index in [1.165, 1.54) is 12.1 Å². The lowest BCUT2D eigenvalue weighted by atomic mass is 10.3. The van der Waals surface area contributed by atoms with Gasteiger partial charge in [-0.2, -0.15) is 17.8 Å². The third kappa shape index (κ3) is 2.63. The van der Waals surface area contributed by atoms with Crippen LogP contribution in [-0.2, 0) is 9.59 Å². The van der Waals surface area contributed by atoms with Gasteiger partial charge in [-0.05, 0) is 12.1 Å². The van der Waals surface area contributed by atoms with Crippen LogP contribution in [0.5, 0.6) is 11.5 Å². The smallest absolute Gasteiger partial charge is 0.418 e. The van der Waals surface area contributed by atoms with Crippen molar-refractivity contribution >= 4 is 20.3 Å². The Morgan fingerprint density at radius 1 is 1.16 bits per heavy atom. The van der Waals surface area contributed by atoms with E-state index in [2.05, 4.69) is 0 Å². The van der Waals surface area contributed by atoms with Crippen LogP contribution in [0.4, 0.5) is 13.2 Å². The van der Waals surface area contributed by atoms with E-state index in [9.17, 15) is 22.8 Å². The molecule has 102 valence electrons. The number of alkyl halides is 3. The van der Waals surface area contributed by atoms with Gasteiger partial charge in [-0.3, -0.25) is 9.59 Å². The average Bonchev–Trinajstić information content (AvgIpc) is 2.70. The SMILES string of the molecule is CC(=O)N(C(=O)C(F)(F)F)P1Oc2ccccc2O1. The van der Waals surface area contributed by atoms with Crippen LogP contribution in [0.25, 0.3) is 0 Å². The summed E-state index contributed by atoms with van der Waals surface area (Å²) in [6, 6.07) is 6.11.